The smallest absolute Gasteiger partial charge is 0.304 e. The Hall–Kier alpha value is -0.220. The monoisotopic (exact) mass is 152 g/mol. The molecule has 4 heteroatoms. The SMILES string of the molecule is CS(C)(O)CCC(=O)O. The second kappa shape index (κ2) is 3.08. The number of carboxylic acid groups (broad SMARTS) is 1. The molecule has 0 saturated carbocycles. The van der Waals surface area contributed by atoms with Gasteiger partial charge >= 0.3 is 5.97 Å². The van der Waals surface area contributed by atoms with Crippen LogP contribution < -0.4 is 0 Å². The van der Waals surface area contributed by atoms with Gasteiger partial charge in [0, 0.05) is 5.75 Å². The normalized spacial score (nSPS) is 13.2. The average molecular weight is 152 g/mol. The van der Waals surface area contributed by atoms with E-state index in [0.29, 0.717) is 5.75 Å². The van der Waals surface area contributed by atoms with Crippen LogP contribution in [0.5, 0.6) is 0 Å². The first-order valence-corrected chi connectivity index (χ1v) is 5.14. The molecule has 0 unspecified atom stereocenters. The summed E-state index contributed by atoms with van der Waals surface area (Å²) >= 11 is 0. The molecule has 0 atom stereocenters. The summed E-state index contributed by atoms with van der Waals surface area (Å²) in [6, 6.07) is 0. The summed E-state index contributed by atoms with van der Waals surface area (Å²) in [6.07, 6.45) is 3.42. The molecule has 0 heterocycles. The first-order valence-electron chi connectivity index (χ1n) is 2.57. The summed E-state index contributed by atoms with van der Waals surface area (Å²) in [4.78, 5) is 9.95. The number of hydrogen-bond acceptors (Lipinski definition) is 2. The minimum atomic E-state index is -1.60. The lowest BCUT2D eigenvalue weighted by atomic mass is 10.5. The molecule has 2 N–H and O–H groups in total. The van der Waals surface area contributed by atoms with E-state index >= 15 is 0 Å². The van der Waals surface area contributed by atoms with Crippen LogP contribution in [0.1, 0.15) is 6.42 Å². The fourth-order valence-corrected chi connectivity index (χ4v) is 1.01. The molecule has 0 radical (unpaired) electrons. The Bertz CT molecular complexity index is 105. The number of hydrogen-bond donors (Lipinski definition) is 2. The van der Waals surface area contributed by atoms with Crippen molar-refractivity contribution in [2.45, 2.75) is 6.42 Å². The standard InChI is InChI=1S/C5H12O3S/c1-9(2,8)4-3-5(6)7/h8H,3-4H2,1-2H3,(H,6,7). The number of carbonyl (C=O) groups is 1. The minimum absolute atomic E-state index is 0.0683. The molecule has 0 spiro atoms. The highest BCUT2D eigenvalue weighted by Crippen LogP contribution is 2.33. The maximum absolute atomic E-state index is 9.95. The van der Waals surface area contributed by atoms with Gasteiger partial charge in [0.1, 0.15) is 0 Å². The zero-order chi connectivity index (χ0) is 7.49. The van der Waals surface area contributed by atoms with Crippen LogP contribution in [-0.4, -0.2) is 33.9 Å². The van der Waals surface area contributed by atoms with Crippen molar-refractivity contribution in [3.05, 3.63) is 0 Å². The van der Waals surface area contributed by atoms with Gasteiger partial charge in [0.05, 0.1) is 6.42 Å². The van der Waals surface area contributed by atoms with Crippen LogP contribution in [-0.2, 0) is 4.79 Å². The van der Waals surface area contributed by atoms with Crippen molar-refractivity contribution in [1.82, 2.24) is 0 Å². The molecular formula is C5H12O3S. The number of rotatable bonds is 3. The van der Waals surface area contributed by atoms with Crippen molar-refractivity contribution in [2.24, 2.45) is 0 Å². The first kappa shape index (κ1) is 8.78. The molecule has 0 aromatic heterocycles. The van der Waals surface area contributed by atoms with Crippen LogP contribution in [0.4, 0.5) is 0 Å². The van der Waals surface area contributed by atoms with Crippen molar-refractivity contribution in [1.29, 1.82) is 0 Å². The van der Waals surface area contributed by atoms with E-state index < -0.39 is 16.3 Å². The van der Waals surface area contributed by atoms with Crippen LogP contribution in [0.2, 0.25) is 0 Å². The molecule has 9 heavy (non-hydrogen) atoms. The van der Waals surface area contributed by atoms with Crippen molar-refractivity contribution in [3.63, 3.8) is 0 Å². The lowest BCUT2D eigenvalue weighted by Crippen LogP contribution is -2.05. The Morgan fingerprint density at radius 2 is 2.00 bits per heavy atom. The molecule has 3 nitrogen and oxygen atoms in total. The maximum Gasteiger partial charge on any atom is 0.304 e. The van der Waals surface area contributed by atoms with Gasteiger partial charge in [-0.1, -0.05) is 0 Å². The summed E-state index contributed by atoms with van der Waals surface area (Å²) in [5, 5.41) is 8.18. The Kier molecular flexibility index (Phi) is 3.00. The summed E-state index contributed by atoms with van der Waals surface area (Å²) in [5.41, 5.74) is 0. The number of carboxylic acids is 1. The molecular weight excluding hydrogens is 140 g/mol. The van der Waals surface area contributed by atoms with Crippen LogP contribution in [0.3, 0.4) is 0 Å². The van der Waals surface area contributed by atoms with Gasteiger partial charge in [-0.2, -0.15) is 0 Å². The Balaban J connectivity index is 3.39. The predicted octanol–water partition coefficient (Wildman–Crippen LogP) is 0.998. The largest absolute Gasteiger partial charge is 0.481 e. The number of aliphatic carboxylic acids is 1. The fraction of sp³-hybridized carbons (Fsp3) is 0.800. The summed E-state index contributed by atoms with van der Waals surface area (Å²) in [5.74, 6) is -0.452. The molecule has 56 valence electrons. The highest BCUT2D eigenvalue weighted by molar-refractivity contribution is 8.28. The van der Waals surface area contributed by atoms with Crippen molar-refractivity contribution in [3.8, 4) is 0 Å². The third-order valence-corrected chi connectivity index (χ3v) is 2.02. The zero-order valence-electron chi connectivity index (χ0n) is 5.63. The molecule has 0 rings (SSSR count). The second-order valence-electron chi connectivity index (χ2n) is 2.33. The Morgan fingerprint density at radius 3 is 2.11 bits per heavy atom. The zero-order valence-corrected chi connectivity index (χ0v) is 6.44. The van der Waals surface area contributed by atoms with Gasteiger partial charge in [-0.05, 0) is 12.5 Å². The third kappa shape index (κ3) is 7.78. The van der Waals surface area contributed by atoms with Crippen LogP contribution in [0.15, 0.2) is 0 Å². The van der Waals surface area contributed by atoms with Crippen molar-refractivity contribution < 1.29 is 14.5 Å². The quantitative estimate of drug-likeness (QED) is 0.634. The molecule has 0 amide bonds. The van der Waals surface area contributed by atoms with E-state index in [2.05, 4.69) is 0 Å². The average Bonchev–Trinajstić information content (AvgIpc) is 1.59. The van der Waals surface area contributed by atoms with E-state index in [-0.39, 0.29) is 6.42 Å². The van der Waals surface area contributed by atoms with E-state index in [4.69, 9.17) is 9.66 Å². The molecule has 0 aliphatic carbocycles. The first-order chi connectivity index (χ1) is 3.92. The minimum Gasteiger partial charge on any atom is -0.481 e. The van der Waals surface area contributed by atoms with Crippen LogP contribution in [0, 0.1) is 0 Å². The topological polar surface area (TPSA) is 57.5 Å². The molecule has 0 fully saturated rings. The highest BCUT2D eigenvalue weighted by Gasteiger charge is 2.07. The van der Waals surface area contributed by atoms with E-state index in [9.17, 15) is 4.79 Å². The van der Waals surface area contributed by atoms with Gasteiger partial charge in [-0.3, -0.25) is 4.79 Å². The van der Waals surface area contributed by atoms with Crippen molar-refractivity contribution >= 4 is 16.3 Å². The molecule has 0 saturated heterocycles. The predicted molar refractivity (Wildman–Crippen MR) is 39.2 cm³/mol. The molecule has 0 aliphatic heterocycles. The fourth-order valence-electron chi connectivity index (χ4n) is 0.337. The lowest BCUT2D eigenvalue weighted by Gasteiger charge is -2.21. The van der Waals surface area contributed by atoms with Gasteiger partial charge in [0.2, 0.25) is 0 Å². The van der Waals surface area contributed by atoms with E-state index in [0.717, 1.165) is 0 Å². The molecule has 0 aromatic rings. The van der Waals surface area contributed by atoms with E-state index in [1.54, 1.807) is 12.5 Å². The highest BCUT2D eigenvalue weighted by atomic mass is 32.3. The summed E-state index contributed by atoms with van der Waals surface area (Å²) in [6.45, 7) is 0. The summed E-state index contributed by atoms with van der Waals surface area (Å²) in [7, 11) is -1.60. The Labute approximate surface area is 56.2 Å². The van der Waals surface area contributed by atoms with Crippen molar-refractivity contribution in [2.75, 3.05) is 18.3 Å². The van der Waals surface area contributed by atoms with E-state index in [1.807, 2.05) is 0 Å². The maximum atomic E-state index is 9.95. The van der Waals surface area contributed by atoms with Gasteiger partial charge in [0.25, 0.3) is 0 Å². The van der Waals surface area contributed by atoms with Crippen LogP contribution >= 0.6 is 10.3 Å². The van der Waals surface area contributed by atoms with Crippen LogP contribution in [0.25, 0.3) is 0 Å². The molecule has 0 aromatic carbocycles. The van der Waals surface area contributed by atoms with Gasteiger partial charge in [-0.25, -0.2) is 0 Å². The van der Waals surface area contributed by atoms with E-state index in [1.165, 1.54) is 0 Å². The Morgan fingerprint density at radius 1 is 1.56 bits per heavy atom. The van der Waals surface area contributed by atoms with Gasteiger partial charge in [-0.15, -0.1) is 10.3 Å². The van der Waals surface area contributed by atoms with Gasteiger partial charge in [0.15, 0.2) is 0 Å². The lowest BCUT2D eigenvalue weighted by molar-refractivity contribution is -0.136. The molecule has 0 aliphatic rings. The third-order valence-electron chi connectivity index (χ3n) is 0.815. The molecule has 0 bridgehead atoms. The second-order valence-corrected chi connectivity index (χ2v) is 5.70. The van der Waals surface area contributed by atoms with Gasteiger partial charge < -0.3 is 9.66 Å². The summed E-state index contributed by atoms with van der Waals surface area (Å²) < 4.78 is 9.09.